The topological polar surface area (TPSA) is 41.6 Å². The molecule has 1 saturated carbocycles. The highest BCUT2D eigenvalue weighted by Gasteiger charge is 2.45. The van der Waals surface area contributed by atoms with Crippen molar-refractivity contribution in [3.8, 4) is 0 Å². The predicted octanol–water partition coefficient (Wildman–Crippen LogP) is 2.91. The molecule has 0 aromatic heterocycles. The van der Waals surface area contributed by atoms with Crippen LogP contribution in [0.2, 0.25) is 0 Å². The zero-order valence-electron chi connectivity index (χ0n) is 11.3. The van der Waals surface area contributed by atoms with Gasteiger partial charge in [0, 0.05) is 5.69 Å². The van der Waals surface area contributed by atoms with Crippen LogP contribution < -0.4 is 10.6 Å². The molecule has 4 heteroatoms. The number of anilines is 1. The van der Waals surface area contributed by atoms with E-state index in [2.05, 4.69) is 16.8 Å². The average molecular weight is 261 g/mol. The first-order valence-electron chi connectivity index (χ1n) is 6.96. The zero-order chi connectivity index (χ0) is 13.5. The molecule has 0 amide bonds. The van der Waals surface area contributed by atoms with Crippen LogP contribution in [0, 0.1) is 11.7 Å². The fraction of sp³-hybridized carbons (Fsp3) is 0.533. The summed E-state index contributed by atoms with van der Waals surface area (Å²) >= 11 is 0. The minimum Gasteiger partial charge on any atom is -0.369 e. The van der Waals surface area contributed by atoms with Gasteiger partial charge in [0.1, 0.15) is 5.82 Å². The largest absolute Gasteiger partial charge is 0.369 e. The highest BCUT2D eigenvalue weighted by Crippen LogP contribution is 2.41. The molecule has 1 aromatic rings. The Hall–Kier alpha value is -1.58. The van der Waals surface area contributed by atoms with Crippen molar-refractivity contribution in [3.05, 3.63) is 30.1 Å². The maximum Gasteiger partial charge on any atom is 0.196 e. The molecule has 1 fully saturated rings. The fourth-order valence-electron chi connectivity index (χ4n) is 3.59. The van der Waals surface area contributed by atoms with Gasteiger partial charge in [0.25, 0.3) is 0 Å². The van der Waals surface area contributed by atoms with E-state index in [1.807, 2.05) is 0 Å². The summed E-state index contributed by atoms with van der Waals surface area (Å²) < 4.78 is 13.1. The lowest BCUT2D eigenvalue weighted by Gasteiger charge is -2.44. The highest BCUT2D eigenvalue weighted by molar-refractivity contribution is 5.98. The smallest absolute Gasteiger partial charge is 0.196 e. The van der Waals surface area contributed by atoms with Crippen LogP contribution in [-0.4, -0.2) is 18.0 Å². The number of guanidine groups is 1. The molecule has 0 saturated heterocycles. The van der Waals surface area contributed by atoms with Crippen LogP contribution in [0.1, 0.15) is 32.6 Å². The normalized spacial score (nSPS) is 30.7. The number of nitrogens with two attached hydrogens (primary N) is 1. The first kappa shape index (κ1) is 12.5. The lowest BCUT2D eigenvalue weighted by atomic mass is 9.75. The predicted molar refractivity (Wildman–Crippen MR) is 75.7 cm³/mol. The first-order chi connectivity index (χ1) is 9.11. The lowest BCUT2D eigenvalue weighted by molar-refractivity contribution is 0.253. The monoisotopic (exact) mass is 261 g/mol. The van der Waals surface area contributed by atoms with Gasteiger partial charge in [-0.25, -0.2) is 4.39 Å². The third-order valence-electron chi connectivity index (χ3n) is 4.39. The molecule has 2 unspecified atom stereocenters. The van der Waals surface area contributed by atoms with Gasteiger partial charge in [-0.2, -0.15) is 0 Å². The maximum absolute atomic E-state index is 13.1. The summed E-state index contributed by atoms with van der Waals surface area (Å²) in [4.78, 5) is 6.58. The Bertz CT molecular complexity index is 497. The zero-order valence-corrected chi connectivity index (χ0v) is 11.3. The molecule has 0 radical (unpaired) electrons. The average Bonchev–Trinajstić information content (AvgIpc) is 2.68. The Morgan fingerprint density at radius 3 is 2.79 bits per heavy atom. The number of benzene rings is 1. The van der Waals surface area contributed by atoms with E-state index < -0.39 is 0 Å². The van der Waals surface area contributed by atoms with Gasteiger partial charge >= 0.3 is 0 Å². The van der Waals surface area contributed by atoms with E-state index in [0.717, 1.165) is 25.1 Å². The Labute approximate surface area is 113 Å². The minimum atomic E-state index is -0.218. The van der Waals surface area contributed by atoms with Crippen LogP contribution in [0.15, 0.2) is 29.3 Å². The van der Waals surface area contributed by atoms with Gasteiger partial charge in [-0.05, 0) is 43.0 Å². The minimum absolute atomic E-state index is 0.0135. The molecule has 19 heavy (non-hydrogen) atoms. The number of halogens is 1. The summed E-state index contributed by atoms with van der Waals surface area (Å²) in [5.41, 5.74) is 7.05. The first-order valence-corrected chi connectivity index (χ1v) is 6.96. The second-order valence-corrected chi connectivity index (χ2v) is 5.91. The molecule has 2 N–H and O–H groups in total. The third kappa shape index (κ3) is 2.09. The third-order valence-corrected chi connectivity index (χ3v) is 4.39. The van der Waals surface area contributed by atoms with E-state index in [1.165, 1.54) is 25.0 Å². The van der Waals surface area contributed by atoms with Crippen LogP contribution in [0.4, 0.5) is 10.1 Å². The summed E-state index contributed by atoms with van der Waals surface area (Å²) in [7, 11) is 0. The van der Waals surface area contributed by atoms with Crippen molar-refractivity contribution in [3.63, 3.8) is 0 Å². The van der Waals surface area contributed by atoms with Crippen LogP contribution >= 0.6 is 0 Å². The van der Waals surface area contributed by atoms with Crippen molar-refractivity contribution in [2.45, 2.75) is 38.1 Å². The Morgan fingerprint density at radius 2 is 2.11 bits per heavy atom. The molecule has 2 aliphatic rings. The van der Waals surface area contributed by atoms with Gasteiger partial charge in [0.2, 0.25) is 0 Å². The van der Waals surface area contributed by atoms with Crippen LogP contribution in [0.5, 0.6) is 0 Å². The van der Waals surface area contributed by atoms with Crippen molar-refractivity contribution < 1.29 is 4.39 Å². The van der Waals surface area contributed by atoms with E-state index in [1.54, 1.807) is 12.1 Å². The van der Waals surface area contributed by atoms with Crippen LogP contribution in [0.3, 0.4) is 0 Å². The molecule has 2 atom stereocenters. The van der Waals surface area contributed by atoms with Gasteiger partial charge in [-0.1, -0.05) is 19.8 Å². The molecule has 1 spiro atoms. The Morgan fingerprint density at radius 1 is 1.37 bits per heavy atom. The van der Waals surface area contributed by atoms with E-state index >= 15 is 0 Å². The number of hydrogen-bond donors (Lipinski definition) is 1. The van der Waals surface area contributed by atoms with Gasteiger partial charge < -0.3 is 10.6 Å². The molecule has 0 bridgehead atoms. The van der Waals surface area contributed by atoms with Crippen molar-refractivity contribution in [2.24, 2.45) is 16.6 Å². The van der Waals surface area contributed by atoms with Crippen molar-refractivity contribution in [2.75, 3.05) is 11.4 Å². The number of aliphatic imine (C=N–C) groups is 1. The van der Waals surface area contributed by atoms with E-state index in [-0.39, 0.29) is 11.4 Å². The summed E-state index contributed by atoms with van der Waals surface area (Å²) in [6.07, 6.45) is 4.70. The number of hydrogen-bond acceptors (Lipinski definition) is 3. The highest BCUT2D eigenvalue weighted by atomic mass is 19.1. The second kappa shape index (κ2) is 4.51. The number of nitrogens with zero attached hydrogens (tertiary/aromatic N) is 2. The van der Waals surface area contributed by atoms with Gasteiger partial charge in [-0.3, -0.25) is 4.99 Å². The standard InChI is InChI=1S/C15H20FN3/c1-11-3-2-8-15(9-11)10-18-14(17)19(15)13-6-4-12(16)5-7-13/h4-7,11H,2-3,8-10H2,1H3,(H2,17,18). The molecule has 1 heterocycles. The molecular formula is C15H20FN3. The number of rotatable bonds is 1. The van der Waals surface area contributed by atoms with E-state index in [0.29, 0.717) is 11.9 Å². The van der Waals surface area contributed by atoms with Crippen molar-refractivity contribution in [1.29, 1.82) is 0 Å². The van der Waals surface area contributed by atoms with E-state index in [4.69, 9.17) is 5.73 Å². The Balaban J connectivity index is 1.96. The molecule has 102 valence electrons. The Kier molecular flexibility index (Phi) is 2.96. The van der Waals surface area contributed by atoms with Gasteiger partial charge in [0.15, 0.2) is 5.96 Å². The molecular weight excluding hydrogens is 241 g/mol. The quantitative estimate of drug-likeness (QED) is 0.844. The van der Waals surface area contributed by atoms with Crippen molar-refractivity contribution in [1.82, 2.24) is 0 Å². The molecule has 3 rings (SSSR count). The summed E-state index contributed by atoms with van der Waals surface area (Å²) in [5, 5.41) is 0. The summed E-state index contributed by atoms with van der Waals surface area (Å²) in [6.45, 7) is 3.05. The van der Waals surface area contributed by atoms with Gasteiger partial charge in [0.05, 0.1) is 12.1 Å². The second-order valence-electron chi connectivity index (χ2n) is 5.91. The fourth-order valence-corrected chi connectivity index (χ4v) is 3.59. The van der Waals surface area contributed by atoms with Crippen molar-refractivity contribution >= 4 is 11.6 Å². The summed E-state index contributed by atoms with van der Waals surface area (Å²) in [5.74, 6) is 1.04. The molecule has 1 aliphatic carbocycles. The van der Waals surface area contributed by atoms with Gasteiger partial charge in [-0.15, -0.1) is 0 Å². The van der Waals surface area contributed by atoms with Crippen LogP contribution in [-0.2, 0) is 0 Å². The van der Waals surface area contributed by atoms with E-state index in [9.17, 15) is 4.39 Å². The molecule has 3 nitrogen and oxygen atoms in total. The maximum atomic E-state index is 13.1. The summed E-state index contributed by atoms with van der Waals surface area (Å²) in [6, 6.07) is 6.57. The lowest BCUT2D eigenvalue weighted by Crippen LogP contribution is -2.54. The van der Waals surface area contributed by atoms with Crippen LogP contribution in [0.25, 0.3) is 0 Å². The SMILES string of the molecule is CC1CCCC2(CN=C(N)N2c2ccc(F)cc2)C1. The molecule has 1 aliphatic heterocycles. The molecule has 1 aromatic carbocycles.